The fourth-order valence-corrected chi connectivity index (χ4v) is 2.27. The maximum atomic E-state index is 12.3. The van der Waals surface area contributed by atoms with E-state index in [1.54, 1.807) is 11.6 Å². The summed E-state index contributed by atoms with van der Waals surface area (Å²) in [6.07, 6.45) is -5.44. The van der Waals surface area contributed by atoms with Crippen LogP contribution in [-0.2, 0) is 6.54 Å². The zero-order chi connectivity index (χ0) is 16.3. The Hall–Kier alpha value is -1.11. The van der Waals surface area contributed by atoms with Crippen molar-refractivity contribution >= 4 is 29.9 Å². The number of aliphatic hydroxyl groups is 1. The van der Waals surface area contributed by atoms with E-state index >= 15 is 0 Å². The van der Waals surface area contributed by atoms with Crippen molar-refractivity contribution in [3.8, 4) is 0 Å². The van der Waals surface area contributed by atoms with Gasteiger partial charge in [-0.3, -0.25) is 4.99 Å². The average molecular weight is 448 g/mol. The molecule has 0 amide bonds. The number of nitrogens with zero attached hydrogens (tertiary/aromatic N) is 4. The van der Waals surface area contributed by atoms with Crippen LogP contribution in [0.2, 0.25) is 0 Å². The van der Waals surface area contributed by atoms with E-state index in [9.17, 15) is 13.2 Å². The number of fused-ring (bicyclic) bond motifs is 1. The minimum atomic E-state index is -4.66. The largest absolute Gasteiger partial charge is 0.416 e. The van der Waals surface area contributed by atoms with Crippen LogP contribution < -0.4 is 10.6 Å². The predicted molar refractivity (Wildman–Crippen MR) is 88.7 cm³/mol. The molecule has 0 fully saturated rings. The molecule has 11 heteroatoms. The first-order valence-electron chi connectivity index (χ1n) is 6.94. The van der Waals surface area contributed by atoms with E-state index in [4.69, 9.17) is 5.11 Å². The molecule has 132 valence electrons. The zero-order valence-corrected chi connectivity index (χ0v) is 15.1. The first-order chi connectivity index (χ1) is 10.3. The van der Waals surface area contributed by atoms with Gasteiger partial charge in [0.2, 0.25) is 0 Å². The minimum absolute atomic E-state index is 0. The lowest BCUT2D eigenvalue weighted by atomic mass is 10.1. The quantitative estimate of drug-likeness (QED) is 0.367. The maximum Gasteiger partial charge on any atom is 0.416 e. The van der Waals surface area contributed by atoms with Crippen LogP contribution >= 0.6 is 24.0 Å². The van der Waals surface area contributed by atoms with Crippen molar-refractivity contribution < 1.29 is 18.3 Å². The van der Waals surface area contributed by atoms with Crippen molar-refractivity contribution in [2.24, 2.45) is 4.99 Å². The lowest BCUT2D eigenvalue weighted by Gasteiger charge is -2.25. The molecule has 2 unspecified atom stereocenters. The third-order valence-electron chi connectivity index (χ3n) is 3.36. The van der Waals surface area contributed by atoms with Gasteiger partial charge in [0.25, 0.3) is 0 Å². The number of rotatable bonds is 3. The molecule has 7 nitrogen and oxygen atoms in total. The Kier molecular flexibility index (Phi) is 7.04. The van der Waals surface area contributed by atoms with Gasteiger partial charge in [-0.2, -0.15) is 18.3 Å². The first-order valence-corrected chi connectivity index (χ1v) is 6.94. The number of guanidine groups is 1. The smallest absolute Gasteiger partial charge is 0.382 e. The SMILES string of the molecule is CN=C(NCC(O)C(F)(F)F)NC1CCCn2nc(C)nc21.I. The van der Waals surface area contributed by atoms with Crippen molar-refractivity contribution in [1.82, 2.24) is 25.4 Å². The fraction of sp³-hybridized carbons (Fsp3) is 0.750. The molecular weight excluding hydrogens is 428 g/mol. The minimum Gasteiger partial charge on any atom is -0.382 e. The summed E-state index contributed by atoms with van der Waals surface area (Å²) in [5, 5.41) is 18.7. The third-order valence-corrected chi connectivity index (χ3v) is 3.36. The molecule has 0 spiro atoms. The van der Waals surface area contributed by atoms with Crippen molar-refractivity contribution in [3.05, 3.63) is 11.6 Å². The summed E-state index contributed by atoms with van der Waals surface area (Å²) in [5.74, 6) is 1.57. The first kappa shape index (κ1) is 19.9. The lowest BCUT2D eigenvalue weighted by Crippen LogP contribution is -2.47. The highest BCUT2D eigenvalue weighted by Crippen LogP contribution is 2.23. The van der Waals surface area contributed by atoms with Crippen LogP contribution in [-0.4, -0.2) is 51.7 Å². The molecule has 2 heterocycles. The second kappa shape index (κ2) is 8.13. The number of aliphatic hydroxyl groups excluding tert-OH is 1. The molecule has 23 heavy (non-hydrogen) atoms. The Morgan fingerprint density at radius 3 is 2.83 bits per heavy atom. The highest BCUT2D eigenvalue weighted by molar-refractivity contribution is 14.0. The Labute approximate surface area is 148 Å². The van der Waals surface area contributed by atoms with E-state index < -0.39 is 18.8 Å². The summed E-state index contributed by atoms with van der Waals surface area (Å²) in [4.78, 5) is 8.21. The summed E-state index contributed by atoms with van der Waals surface area (Å²) in [5.41, 5.74) is 0. The van der Waals surface area contributed by atoms with Crippen LogP contribution in [0, 0.1) is 6.92 Å². The summed E-state index contributed by atoms with van der Waals surface area (Å²) in [6, 6.07) is -0.177. The van der Waals surface area contributed by atoms with Crippen LogP contribution in [0.5, 0.6) is 0 Å². The van der Waals surface area contributed by atoms with E-state index in [1.807, 2.05) is 0 Å². The highest BCUT2D eigenvalue weighted by atomic mass is 127. The predicted octanol–water partition coefficient (Wildman–Crippen LogP) is 1.13. The van der Waals surface area contributed by atoms with Crippen molar-refractivity contribution in [2.75, 3.05) is 13.6 Å². The number of hydrogen-bond donors (Lipinski definition) is 3. The van der Waals surface area contributed by atoms with Crippen LogP contribution in [0.1, 0.15) is 30.5 Å². The molecule has 0 radical (unpaired) electrons. The van der Waals surface area contributed by atoms with Gasteiger partial charge < -0.3 is 15.7 Å². The summed E-state index contributed by atoms with van der Waals surface area (Å²) < 4.78 is 38.7. The second-order valence-electron chi connectivity index (χ2n) is 5.09. The van der Waals surface area contributed by atoms with Crippen molar-refractivity contribution in [3.63, 3.8) is 0 Å². The van der Waals surface area contributed by atoms with Gasteiger partial charge in [-0.1, -0.05) is 0 Å². The molecule has 0 saturated carbocycles. The van der Waals surface area contributed by atoms with Crippen LogP contribution in [0.25, 0.3) is 0 Å². The van der Waals surface area contributed by atoms with E-state index in [2.05, 4.69) is 25.7 Å². The molecule has 2 rings (SSSR count). The molecule has 0 bridgehead atoms. The number of aromatic nitrogens is 3. The lowest BCUT2D eigenvalue weighted by molar-refractivity contribution is -0.201. The topological polar surface area (TPSA) is 87.4 Å². The number of aliphatic imine (C=N–C) groups is 1. The number of hydrogen-bond acceptors (Lipinski definition) is 4. The monoisotopic (exact) mass is 448 g/mol. The van der Waals surface area contributed by atoms with Crippen LogP contribution in [0.15, 0.2) is 4.99 Å². The van der Waals surface area contributed by atoms with Gasteiger partial charge in [0.15, 0.2) is 12.1 Å². The van der Waals surface area contributed by atoms with Gasteiger partial charge in [-0.15, -0.1) is 24.0 Å². The molecule has 0 aliphatic carbocycles. The van der Waals surface area contributed by atoms with E-state index in [-0.39, 0.29) is 36.0 Å². The van der Waals surface area contributed by atoms with Crippen LogP contribution in [0.4, 0.5) is 13.2 Å². The second-order valence-corrected chi connectivity index (χ2v) is 5.09. The number of nitrogens with one attached hydrogen (secondary N) is 2. The normalized spacial score (nSPS) is 19.6. The number of halogens is 4. The molecule has 3 N–H and O–H groups in total. The Morgan fingerprint density at radius 1 is 1.52 bits per heavy atom. The molecule has 2 atom stereocenters. The molecule has 1 aromatic heterocycles. The van der Waals surface area contributed by atoms with E-state index in [0.29, 0.717) is 5.82 Å². The number of alkyl halides is 3. The fourth-order valence-electron chi connectivity index (χ4n) is 2.27. The van der Waals surface area contributed by atoms with Crippen molar-refractivity contribution in [2.45, 2.75) is 44.6 Å². The molecular formula is C12H20F3IN6O. The van der Waals surface area contributed by atoms with Gasteiger partial charge in [-0.05, 0) is 19.8 Å². The Bertz CT molecular complexity index is 547. The van der Waals surface area contributed by atoms with E-state index in [1.165, 1.54) is 7.05 Å². The summed E-state index contributed by atoms with van der Waals surface area (Å²) >= 11 is 0. The van der Waals surface area contributed by atoms with Gasteiger partial charge in [-0.25, -0.2) is 9.67 Å². The van der Waals surface area contributed by atoms with E-state index in [0.717, 1.165) is 25.2 Å². The van der Waals surface area contributed by atoms with Gasteiger partial charge in [0.1, 0.15) is 11.6 Å². The zero-order valence-electron chi connectivity index (χ0n) is 12.8. The maximum absolute atomic E-state index is 12.3. The highest BCUT2D eigenvalue weighted by Gasteiger charge is 2.38. The molecule has 0 saturated heterocycles. The van der Waals surface area contributed by atoms with Crippen LogP contribution in [0.3, 0.4) is 0 Å². The standard InChI is InChI=1S/C12H19F3N6O.HI/c1-7-18-10-8(4-3-5-21(10)20-7)19-11(16-2)17-6-9(22)12(13,14)15;/h8-9,22H,3-6H2,1-2H3,(H2,16,17,19);1H. The summed E-state index contributed by atoms with van der Waals surface area (Å²) in [6.45, 7) is 1.89. The van der Waals surface area contributed by atoms with Gasteiger partial charge in [0.05, 0.1) is 12.6 Å². The average Bonchev–Trinajstić information content (AvgIpc) is 2.83. The van der Waals surface area contributed by atoms with Gasteiger partial charge in [0, 0.05) is 13.6 Å². The van der Waals surface area contributed by atoms with Gasteiger partial charge >= 0.3 is 6.18 Å². The molecule has 1 aliphatic heterocycles. The third kappa shape index (κ3) is 5.19. The molecule has 0 aromatic carbocycles. The summed E-state index contributed by atoms with van der Waals surface area (Å²) in [7, 11) is 1.45. The Morgan fingerprint density at radius 2 is 2.22 bits per heavy atom. The van der Waals surface area contributed by atoms with Crippen molar-refractivity contribution in [1.29, 1.82) is 0 Å². The Balaban J connectivity index is 0.00000264. The molecule has 1 aliphatic rings. The molecule has 1 aromatic rings. The number of aryl methyl sites for hydroxylation is 2.